The summed E-state index contributed by atoms with van der Waals surface area (Å²) >= 11 is 0. The maximum atomic E-state index is 11.2. The van der Waals surface area contributed by atoms with Crippen LogP contribution in [0.1, 0.15) is 40.5 Å². The number of aliphatic hydroxyl groups is 2. The topological polar surface area (TPSA) is 66.8 Å². The minimum absolute atomic E-state index is 0.389. The van der Waals surface area contributed by atoms with E-state index in [2.05, 4.69) is 0 Å². The number of ether oxygens (including phenoxy) is 1. The van der Waals surface area contributed by atoms with Gasteiger partial charge in [0.1, 0.15) is 5.60 Å². The Labute approximate surface area is 84.9 Å². The molecule has 0 aliphatic carbocycles. The molecule has 2 atom stereocenters. The number of aliphatic hydroxyl groups excluding tert-OH is 2. The summed E-state index contributed by atoms with van der Waals surface area (Å²) < 4.78 is 4.92. The second-order valence-corrected chi connectivity index (χ2v) is 4.33. The zero-order valence-corrected chi connectivity index (χ0v) is 9.28. The molecule has 84 valence electrons. The molecule has 0 bridgehead atoms. The molecule has 4 heteroatoms. The Kier molecular flexibility index (Phi) is 5.08. The minimum Gasteiger partial charge on any atom is -0.458 e. The van der Waals surface area contributed by atoms with Crippen LogP contribution in [0.15, 0.2) is 0 Å². The van der Waals surface area contributed by atoms with E-state index in [1.807, 2.05) is 6.92 Å². The molecule has 0 aromatic carbocycles. The van der Waals surface area contributed by atoms with E-state index in [9.17, 15) is 15.0 Å². The van der Waals surface area contributed by atoms with Crippen molar-refractivity contribution in [3.63, 3.8) is 0 Å². The second-order valence-electron chi connectivity index (χ2n) is 4.33. The van der Waals surface area contributed by atoms with E-state index in [1.165, 1.54) is 0 Å². The van der Waals surface area contributed by atoms with Crippen LogP contribution < -0.4 is 0 Å². The molecule has 0 aliphatic heterocycles. The average molecular weight is 204 g/mol. The monoisotopic (exact) mass is 204 g/mol. The molecular formula is C10H20O4. The van der Waals surface area contributed by atoms with Crippen molar-refractivity contribution in [1.82, 2.24) is 0 Å². The third kappa shape index (κ3) is 5.19. The van der Waals surface area contributed by atoms with Crippen molar-refractivity contribution in [3.05, 3.63) is 0 Å². The van der Waals surface area contributed by atoms with Crippen molar-refractivity contribution < 1.29 is 19.7 Å². The Balaban J connectivity index is 4.12. The highest BCUT2D eigenvalue weighted by molar-refractivity contribution is 5.75. The number of esters is 1. The Morgan fingerprint density at radius 2 is 1.86 bits per heavy atom. The van der Waals surface area contributed by atoms with Gasteiger partial charge in [0.15, 0.2) is 6.10 Å². The highest BCUT2D eigenvalue weighted by atomic mass is 16.6. The lowest BCUT2D eigenvalue weighted by molar-refractivity contribution is -0.171. The van der Waals surface area contributed by atoms with Gasteiger partial charge in [-0.25, -0.2) is 4.79 Å². The fourth-order valence-electron chi connectivity index (χ4n) is 0.973. The van der Waals surface area contributed by atoms with Crippen molar-refractivity contribution in [1.29, 1.82) is 0 Å². The molecule has 0 saturated heterocycles. The highest BCUT2D eigenvalue weighted by Gasteiger charge is 2.28. The first-order chi connectivity index (χ1) is 6.28. The van der Waals surface area contributed by atoms with Crippen molar-refractivity contribution in [2.75, 3.05) is 0 Å². The summed E-state index contributed by atoms with van der Waals surface area (Å²) in [6.45, 7) is 7.00. The molecule has 4 nitrogen and oxygen atoms in total. The number of rotatable bonds is 4. The number of carbonyl (C=O) groups excluding carboxylic acids is 1. The van der Waals surface area contributed by atoms with Crippen LogP contribution in [0.3, 0.4) is 0 Å². The van der Waals surface area contributed by atoms with Gasteiger partial charge >= 0.3 is 5.97 Å². The summed E-state index contributed by atoms with van der Waals surface area (Å²) in [5, 5.41) is 18.7. The summed E-state index contributed by atoms with van der Waals surface area (Å²) in [6, 6.07) is 0. The fourth-order valence-corrected chi connectivity index (χ4v) is 0.973. The number of hydrogen-bond acceptors (Lipinski definition) is 4. The molecule has 0 aliphatic rings. The minimum atomic E-state index is -1.44. The molecule has 0 fully saturated rings. The van der Waals surface area contributed by atoms with Crippen molar-refractivity contribution in [2.45, 2.75) is 58.3 Å². The molecule has 0 aromatic rings. The first-order valence-corrected chi connectivity index (χ1v) is 4.87. The summed E-state index contributed by atoms with van der Waals surface area (Å²) in [5.41, 5.74) is -0.635. The summed E-state index contributed by atoms with van der Waals surface area (Å²) in [5.74, 6) is -0.765. The molecule has 14 heavy (non-hydrogen) atoms. The maximum Gasteiger partial charge on any atom is 0.338 e. The van der Waals surface area contributed by atoms with Gasteiger partial charge in [-0.05, 0) is 27.2 Å². The lowest BCUT2D eigenvalue weighted by Gasteiger charge is -2.23. The molecule has 0 rings (SSSR count). The molecule has 0 spiro atoms. The largest absolute Gasteiger partial charge is 0.458 e. The maximum absolute atomic E-state index is 11.2. The van der Waals surface area contributed by atoms with Crippen LogP contribution >= 0.6 is 0 Å². The van der Waals surface area contributed by atoms with Gasteiger partial charge in [0.25, 0.3) is 0 Å². The lowest BCUT2D eigenvalue weighted by atomic mass is 10.1. The van der Waals surface area contributed by atoms with Crippen LogP contribution in [0.25, 0.3) is 0 Å². The Bertz CT molecular complexity index is 183. The fraction of sp³-hybridized carbons (Fsp3) is 0.900. The Morgan fingerprint density at radius 1 is 1.36 bits per heavy atom. The Hall–Kier alpha value is -0.610. The van der Waals surface area contributed by atoms with E-state index in [-0.39, 0.29) is 0 Å². The molecule has 0 amide bonds. The van der Waals surface area contributed by atoms with E-state index < -0.39 is 23.8 Å². The van der Waals surface area contributed by atoms with E-state index in [0.717, 1.165) is 0 Å². The first-order valence-electron chi connectivity index (χ1n) is 4.87. The molecule has 0 heterocycles. The van der Waals surface area contributed by atoms with E-state index in [4.69, 9.17) is 4.74 Å². The predicted octanol–water partition coefficient (Wildman–Crippen LogP) is 0.850. The van der Waals surface area contributed by atoms with Crippen molar-refractivity contribution in [2.24, 2.45) is 0 Å². The van der Waals surface area contributed by atoms with E-state index >= 15 is 0 Å². The summed E-state index contributed by atoms with van der Waals surface area (Å²) in [4.78, 5) is 11.2. The van der Waals surface area contributed by atoms with Gasteiger partial charge in [0, 0.05) is 0 Å². The van der Waals surface area contributed by atoms with Crippen molar-refractivity contribution >= 4 is 5.97 Å². The Morgan fingerprint density at radius 3 is 2.21 bits per heavy atom. The normalized spacial score (nSPS) is 16.1. The zero-order chi connectivity index (χ0) is 11.4. The zero-order valence-electron chi connectivity index (χ0n) is 9.28. The van der Waals surface area contributed by atoms with Gasteiger partial charge in [0.2, 0.25) is 0 Å². The van der Waals surface area contributed by atoms with Crippen LogP contribution in [0, 0.1) is 0 Å². The second kappa shape index (κ2) is 5.32. The molecule has 2 N–H and O–H groups in total. The van der Waals surface area contributed by atoms with Crippen LogP contribution in [0.4, 0.5) is 0 Å². The SMILES string of the molecule is CCC[C@H](O)[C@H](O)C(=O)OC(C)(C)C. The van der Waals surface area contributed by atoms with Crippen molar-refractivity contribution in [3.8, 4) is 0 Å². The third-order valence-corrected chi connectivity index (χ3v) is 1.60. The summed E-state index contributed by atoms with van der Waals surface area (Å²) in [7, 11) is 0. The van der Waals surface area contributed by atoms with Gasteiger partial charge in [0.05, 0.1) is 6.10 Å². The van der Waals surface area contributed by atoms with Crippen LogP contribution in [0.2, 0.25) is 0 Å². The van der Waals surface area contributed by atoms with E-state index in [0.29, 0.717) is 12.8 Å². The predicted molar refractivity (Wildman–Crippen MR) is 52.8 cm³/mol. The smallest absolute Gasteiger partial charge is 0.338 e. The highest BCUT2D eigenvalue weighted by Crippen LogP contribution is 2.11. The molecule has 0 radical (unpaired) electrons. The molecule has 0 aromatic heterocycles. The van der Waals surface area contributed by atoms with Crippen LogP contribution in [-0.2, 0) is 9.53 Å². The third-order valence-electron chi connectivity index (χ3n) is 1.60. The van der Waals surface area contributed by atoms with Gasteiger partial charge in [-0.15, -0.1) is 0 Å². The first kappa shape index (κ1) is 13.4. The quantitative estimate of drug-likeness (QED) is 0.666. The van der Waals surface area contributed by atoms with Gasteiger partial charge < -0.3 is 14.9 Å². The van der Waals surface area contributed by atoms with E-state index in [1.54, 1.807) is 20.8 Å². The number of carbonyl (C=O) groups is 1. The number of hydrogen-bond donors (Lipinski definition) is 2. The lowest BCUT2D eigenvalue weighted by Crippen LogP contribution is -2.39. The van der Waals surface area contributed by atoms with Crippen LogP contribution in [0.5, 0.6) is 0 Å². The summed E-state index contributed by atoms with van der Waals surface area (Å²) in [6.07, 6.45) is -1.37. The molecular weight excluding hydrogens is 184 g/mol. The average Bonchev–Trinajstić information content (AvgIpc) is 2.00. The van der Waals surface area contributed by atoms with Gasteiger partial charge in [-0.2, -0.15) is 0 Å². The van der Waals surface area contributed by atoms with Gasteiger partial charge in [-0.1, -0.05) is 13.3 Å². The standard InChI is InChI=1S/C10H20O4/c1-5-6-7(11)8(12)9(13)14-10(2,3)4/h7-8,11-12H,5-6H2,1-4H3/t7-,8-/m0/s1. The molecule has 0 saturated carbocycles. The molecule has 0 unspecified atom stereocenters. The van der Waals surface area contributed by atoms with Gasteiger partial charge in [-0.3, -0.25) is 0 Å². The van der Waals surface area contributed by atoms with Crippen LogP contribution in [-0.4, -0.2) is 34.0 Å².